The number of nitrogens with zero attached hydrogens (tertiary/aromatic N) is 1. The quantitative estimate of drug-likeness (QED) is 0.519. The summed E-state index contributed by atoms with van der Waals surface area (Å²) in [5.41, 5.74) is 1.73. The molecule has 1 fully saturated rings. The van der Waals surface area contributed by atoms with E-state index < -0.39 is 7.82 Å². The van der Waals surface area contributed by atoms with E-state index in [1.54, 1.807) is 18.2 Å². The first-order valence-electron chi connectivity index (χ1n) is 9.01. The van der Waals surface area contributed by atoms with E-state index >= 15 is 0 Å². The number of phosphoric acid groups is 1. The standard InChI is InChI=1S/C19H22Cl2NO6P.ClH/c20-17-2-1-3-18(21)16(17)13-27-15-6-4-14(5-7-15)19-12-22(8-10-26-19)9-11-28-29(23,24)25;/h1-7,19H,8-13H2,(H2,23,24,25);1H. The van der Waals surface area contributed by atoms with E-state index in [1.165, 1.54) is 0 Å². The van der Waals surface area contributed by atoms with Crippen LogP contribution < -0.4 is 4.74 Å². The minimum atomic E-state index is -4.44. The highest BCUT2D eigenvalue weighted by Crippen LogP contribution is 2.35. The Hall–Kier alpha value is -0.860. The van der Waals surface area contributed by atoms with Crippen molar-refractivity contribution in [2.24, 2.45) is 0 Å². The number of benzene rings is 2. The number of ether oxygens (including phenoxy) is 2. The van der Waals surface area contributed by atoms with Gasteiger partial charge in [-0.15, -0.1) is 12.4 Å². The van der Waals surface area contributed by atoms with Gasteiger partial charge in [0, 0.05) is 35.2 Å². The van der Waals surface area contributed by atoms with Crippen molar-refractivity contribution in [1.82, 2.24) is 4.90 Å². The number of hydrogen-bond donors (Lipinski definition) is 2. The van der Waals surface area contributed by atoms with E-state index in [2.05, 4.69) is 4.52 Å². The van der Waals surface area contributed by atoms with Crippen LogP contribution in [0, 0.1) is 0 Å². The topological polar surface area (TPSA) is 88.5 Å². The van der Waals surface area contributed by atoms with Crippen molar-refractivity contribution in [1.29, 1.82) is 0 Å². The zero-order valence-corrected chi connectivity index (χ0v) is 19.2. The molecule has 2 aromatic carbocycles. The van der Waals surface area contributed by atoms with Gasteiger partial charge >= 0.3 is 7.82 Å². The lowest BCUT2D eigenvalue weighted by molar-refractivity contribution is -0.0336. The van der Waals surface area contributed by atoms with Crippen molar-refractivity contribution < 1.29 is 28.3 Å². The molecule has 0 spiro atoms. The molecule has 0 amide bonds. The molecule has 0 radical (unpaired) electrons. The maximum Gasteiger partial charge on any atom is 0.469 e. The van der Waals surface area contributed by atoms with Gasteiger partial charge in [-0.3, -0.25) is 9.42 Å². The van der Waals surface area contributed by atoms with Crippen LogP contribution >= 0.6 is 43.4 Å². The highest BCUT2D eigenvalue weighted by molar-refractivity contribution is 7.46. The fourth-order valence-electron chi connectivity index (χ4n) is 3.00. The monoisotopic (exact) mass is 497 g/mol. The van der Waals surface area contributed by atoms with Crippen LogP contribution in [0.25, 0.3) is 0 Å². The molecule has 1 aliphatic heterocycles. The van der Waals surface area contributed by atoms with E-state index in [-0.39, 0.29) is 31.7 Å². The molecular formula is C19H23Cl3NO6P. The zero-order chi connectivity index (χ0) is 20.9. The Balaban J connectivity index is 0.00000320. The Kier molecular flexibility index (Phi) is 9.88. The summed E-state index contributed by atoms with van der Waals surface area (Å²) in [6.07, 6.45) is -0.133. The molecule has 0 saturated carbocycles. The summed E-state index contributed by atoms with van der Waals surface area (Å²) in [5, 5.41) is 1.13. The second kappa shape index (κ2) is 11.7. The highest BCUT2D eigenvalue weighted by Gasteiger charge is 2.23. The molecular weight excluding hydrogens is 476 g/mol. The van der Waals surface area contributed by atoms with Gasteiger partial charge in [0.1, 0.15) is 12.4 Å². The lowest BCUT2D eigenvalue weighted by Gasteiger charge is -2.33. The Morgan fingerprint density at radius 1 is 1.13 bits per heavy atom. The van der Waals surface area contributed by atoms with E-state index in [1.807, 2.05) is 29.2 Å². The largest absolute Gasteiger partial charge is 0.489 e. The maximum atomic E-state index is 10.8. The third-order valence-electron chi connectivity index (χ3n) is 4.51. The van der Waals surface area contributed by atoms with Crippen LogP contribution in [0.2, 0.25) is 10.0 Å². The smallest absolute Gasteiger partial charge is 0.469 e. The van der Waals surface area contributed by atoms with Gasteiger partial charge in [-0.25, -0.2) is 4.57 Å². The van der Waals surface area contributed by atoms with Crippen LogP contribution in [-0.2, 0) is 20.4 Å². The molecule has 30 heavy (non-hydrogen) atoms. The average Bonchev–Trinajstić information content (AvgIpc) is 2.67. The molecule has 1 atom stereocenters. The van der Waals surface area contributed by atoms with Crippen LogP contribution in [-0.4, -0.2) is 47.5 Å². The van der Waals surface area contributed by atoms with Crippen LogP contribution in [0.15, 0.2) is 42.5 Å². The van der Waals surface area contributed by atoms with E-state index in [9.17, 15) is 4.57 Å². The molecule has 11 heteroatoms. The lowest BCUT2D eigenvalue weighted by Crippen LogP contribution is -2.40. The molecule has 2 N–H and O–H groups in total. The molecule has 1 unspecified atom stereocenters. The molecule has 2 aromatic rings. The average molecular weight is 499 g/mol. The Labute approximate surface area is 191 Å². The minimum absolute atomic E-state index is 0. The van der Waals surface area contributed by atoms with Gasteiger partial charge in [-0.1, -0.05) is 41.4 Å². The van der Waals surface area contributed by atoms with Gasteiger partial charge in [-0.05, 0) is 29.8 Å². The molecule has 7 nitrogen and oxygen atoms in total. The second-order valence-corrected chi connectivity index (χ2v) is 8.60. The molecule has 3 rings (SSSR count). The highest BCUT2D eigenvalue weighted by atomic mass is 35.5. The molecule has 0 bridgehead atoms. The molecule has 166 valence electrons. The van der Waals surface area contributed by atoms with Crippen molar-refractivity contribution in [2.75, 3.05) is 32.8 Å². The summed E-state index contributed by atoms with van der Waals surface area (Å²) < 4.78 is 26.9. The van der Waals surface area contributed by atoms with Gasteiger partial charge in [0.25, 0.3) is 0 Å². The van der Waals surface area contributed by atoms with Crippen LogP contribution in [0.4, 0.5) is 0 Å². The minimum Gasteiger partial charge on any atom is -0.489 e. The van der Waals surface area contributed by atoms with E-state index in [0.29, 0.717) is 42.0 Å². The predicted molar refractivity (Wildman–Crippen MR) is 118 cm³/mol. The predicted octanol–water partition coefficient (Wildman–Crippen LogP) is 4.48. The summed E-state index contributed by atoms with van der Waals surface area (Å²) in [5.74, 6) is 0.687. The molecule has 1 saturated heterocycles. The zero-order valence-electron chi connectivity index (χ0n) is 15.9. The number of halogens is 3. The Bertz CT molecular complexity index is 844. The summed E-state index contributed by atoms with van der Waals surface area (Å²) >= 11 is 12.3. The van der Waals surface area contributed by atoms with Crippen molar-refractivity contribution >= 4 is 43.4 Å². The first-order valence-corrected chi connectivity index (χ1v) is 11.3. The second-order valence-electron chi connectivity index (χ2n) is 6.54. The maximum absolute atomic E-state index is 10.8. The number of hydrogen-bond acceptors (Lipinski definition) is 5. The first kappa shape index (κ1) is 25.4. The van der Waals surface area contributed by atoms with Crippen molar-refractivity contribution in [2.45, 2.75) is 12.7 Å². The van der Waals surface area contributed by atoms with Crippen LogP contribution in [0.1, 0.15) is 17.2 Å². The summed E-state index contributed by atoms with van der Waals surface area (Å²) in [4.78, 5) is 19.6. The van der Waals surface area contributed by atoms with Crippen LogP contribution in [0.3, 0.4) is 0 Å². The molecule has 1 aliphatic rings. The Morgan fingerprint density at radius 3 is 2.43 bits per heavy atom. The van der Waals surface area contributed by atoms with Gasteiger partial charge in [0.05, 0.1) is 19.3 Å². The van der Waals surface area contributed by atoms with Gasteiger partial charge < -0.3 is 19.3 Å². The molecule has 1 heterocycles. The number of phosphoric ester groups is 1. The summed E-state index contributed by atoms with van der Waals surface area (Å²) in [7, 11) is -4.44. The lowest BCUT2D eigenvalue weighted by atomic mass is 10.1. The van der Waals surface area contributed by atoms with Gasteiger partial charge in [-0.2, -0.15) is 0 Å². The molecule has 0 aromatic heterocycles. The first-order chi connectivity index (χ1) is 13.8. The SMILES string of the molecule is Cl.O=P(O)(O)OCCN1CCOC(c2ccc(OCc3c(Cl)cccc3Cl)cc2)C1. The third kappa shape index (κ3) is 7.68. The summed E-state index contributed by atoms with van der Waals surface area (Å²) in [6.45, 7) is 2.48. The number of rotatable bonds is 8. The van der Waals surface area contributed by atoms with Gasteiger partial charge in [0.2, 0.25) is 0 Å². The van der Waals surface area contributed by atoms with E-state index in [4.69, 9.17) is 42.5 Å². The fourth-order valence-corrected chi connectivity index (χ4v) is 3.83. The van der Waals surface area contributed by atoms with Crippen molar-refractivity contribution in [3.05, 3.63) is 63.6 Å². The van der Waals surface area contributed by atoms with Gasteiger partial charge in [0.15, 0.2) is 0 Å². The van der Waals surface area contributed by atoms with Crippen molar-refractivity contribution in [3.8, 4) is 5.75 Å². The molecule has 0 aliphatic carbocycles. The normalized spacial score (nSPS) is 17.4. The van der Waals surface area contributed by atoms with E-state index in [0.717, 1.165) is 11.1 Å². The fraction of sp³-hybridized carbons (Fsp3) is 0.368. The number of morpholine rings is 1. The summed E-state index contributed by atoms with van der Waals surface area (Å²) in [6, 6.07) is 12.9. The van der Waals surface area contributed by atoms with Crippen molar-refractivity contribution in [3.63, 3.8) is 0 Å². The Morgan fingerprint density at radius 2 is 1.80 bits per heavy atom. The third-order valence-corrected chi connectivity index (χ3v) is 5.74. The van der Waals surface area contributed by atoms with Crippen LogP contribution in [0.5, 0.6) is 5.75 Å².